The Morgan fingerprint density at radius 3 is 2.56 bits per heavy atom. The summed E-state index contributed by atoms with van der Waals surface area (Å²) in [5.74, 6) is 0.679. The maximum atomic E-state index is 11.3. The van der Waals surface area contributed by atoms with Gasteiger partial charge in [-0.1, -0.05) is 13.0 Å². The molecule has 0 aromatic heterocycles. The summed E-state index contributed by atoms with van der Waals surface area (Å²) in [7, 11) is -2.49. The molecule has 1 aromatic rings. The summed E-state index contributed by atoms with van der Waals surface area (Å²) in [4.78, 5) is 0. The van der Waals surface area contributed by atoms with Crippen molar-refractivity contribution < 1.29 is 21.5 Å². The minimum absolute atomic E-state index is 0.103. The van der Waals surface area contributed by atoms with E-state index in [0.717, 1.165) is 0 Å². The SMILES string of the molecule is CCCOS(=O)(=O)Oc1cccc(OC)c1. The van der Waals surface area contributed by atoms with Crippen molar-refractivity contribution in [3.8, 4) is 11.5 Å². The molecule has 1 aromatic carbocycles. The Balaban J connectivity index is 2.72. The van der Waals surface area contributed by atoms with E-state index in [1.54, 1.807) is 19.1 Å². The highest BCUT2D eigenvalue weighted by atomic mass is 32.3. The standard InChI is InChI=1S/C10H14O5S/c1-3-7-14-16(11,12)15-10-6-4-5-9(8-10)13-2/h4-6,8H,3,7H2,1-2H3. The first kappa shape index (κ1) is 12.8. The van der Waals surface area contributed by atoms with Crippen molar-refractivity contribution in [2.45, 2.75) is 13.3 Å². The van der Waals surface area contributed by atoms with Crippen LogP contribution in [-0.4, -0.2) is 22.1 Å². The van der Waals surface area contributed by atoms with Crippen LogP contribution in [0.4, 0.5) is 0 Å². The van der Waals surface area contributed by atoms with E-state index in [9.17, 15) is 8.42 Å². The number of hydrogen-bond donors (Lipinski definition) is 0. The zero-order valence-corrected chi connectivity index (χ0v) is 9.99. The zero-order valence-electron chi connectivity index (χ0n) is 9.17. The first-order valence-electron chi connectivity index (χ1n) is 4.80. The normalized spacial score (nSPS) is 11.1. The van der Waals surface area contributed by atoms with E-state index >= 15 is 0 Å². The molecule has 1 rings (SSSR count). The second-order valence-corrected chi connectivity index (χ2v) is 4.21. The Kier molecular flexibility index (Phi) is 4.57. The third kappa shape index (κ3) is 4.08. The summed E-state index contributed by atoms with van der Waals surface area (Å²) >= 11 is 0. The molecular weight excluding hydrogens is 232 g/mol. The molecule has 6 heteroatoms. The van der Waals surface area contributed by atoms with Crippen LogP contribution in [0.5, 0.6) is 11.5 Å². The molecule has 0 radical (unpaired) electrons. The van der Waals surface area contributed by atoms with Crippen molar-refractivity contribution >= 4 is 10.4 Å². The molecule has 0 spiro atoms. The van der Waals surface area contributed by atoms with Gasteiger partial charge < -0.3 is 8.92 Å². The molecule has 0 saturated heterocycles. The first-order valence-corrected chi connectivity index (χ1v) is 6.13. The van der Waals surface area contributed by atoms with Crippen LogP contribution in [0.2, 0.25) is 0 Å². The predicted octanol–water partition coefficient (Wildman–Crippen LogP) is 1.75. The third-order valence-electron chi connectivity index (χ3n) is 1.67. The summed E-state index contributed by atoms with van der Waals surface area (Å²) in [6.45, 7) is 1.91. The summed E-state index contributed by atoms with van der Waals surface area (Å²) < 4.78 is 36.8. The molecule has 0 heterocycles. The van der Waals surface area contributed by atoms with Gasteiger partial charge in [0.2, 0.25) is 0 Å². The number of hydrogen-bond acceptors (Lipinski definition) is 5. The molecule has 0 bridgehead atoms. The van der Waals surface area contributed by atoms with Crippen molar-refractivity contribution in [2.24, 2.45) is 0 Å². The molecule has 0 saturated carbocycles. The molecule has 0 amide bonds. The Hall–Kier alpha value is -1.27. The molecule has 90 valence electrons. The molecule has 16 heavy (non-hydrogen) atoms. The van der Waals surface area contributed by atoms with E-state index in [0.29, 0.717) is 12.2 Å². The van der Waals surface area contributed by atoms with Gasteiger partial charge in [-0.15, -0.1) is 0 Å². The second-order valence-electron chi connectivity index (χ2n) is 2.99. The Morgan fingerprint density at radius 1 is 1.25 bits per heavy atom. The minimum atomic E-state index is -3.98. The number of methoxy groups -OCH3 is 1. The van der Waals surface area contributed by atoms with Crippen molar-refractivity contribution in [2.75, 3.05) is 13.7 Å². The molecule has 0 fully saturated rings. The summed E-state index contributed by atoms with van der Waals surface area (Å²) in [6, 6.07) is 6.29. The van der Waals surface area contributed by atoms with Crippen LogP contribution in [0, 0.1) is 0 Å². The maximum Gasteiger partial charge on any atom is 0.449 e. The monoisotopic (exact) mass is 246 g/mol. The van der Waals surface area contributed by atoms with E-state index in [4.69, 9.17) is 8.92 Å². The maximum absolute atomic E-state index is 11.3. The molecule has 0 aliphatic rings. The van der Waals surface area contributed by atoms with Gasteiger partial charge >= 0.3 is 10.4 Å². The van der Waals surface area contributed by atoms with Crippen molar-refractivity contribution in [3.05, 3.63) is 24.3 Å². The fraction of sp³-hybridized carbons (Fsp3) is 0.400. The van der Waals surface area contributed by atoms with Crippen LogP contribution >= 0.6 is 0 Å². The zero-order chi connectivity index (χ0) is 12.0. The average Bonchev–Trinajstić information content (AvgIpc) is 2.26. The van der Waals surface area contributed by atoms with Gasteiger partial charge in [0.1, 0.15) is 11.5 Å². The lowest BCUT2D eigenvalue weighted by Crippen LogP contribution is -2.13. The second kappa shape index (κ2) is 5.72. The lowest BCUT2D eigenvalue weighted by atomic mass is 10.3. The van der Waals surface area contributed by atoms with Crippen LogP contribution in [0.1, 0.15) is 13.3 Å². The number of ether oxygens (including phenoxy) is 1. The fourth-order valence-electron chi connectivity index (χ4n) is 0.980. The first-order chi connectivity index (χ1) is 7.57. The number of benzene rings is 1. The van der Waals surface area contributed by atoms with Crippen LogP contribution in [0.3, 0.4) is 0 Å². The Bertz CT molecular complexity index is 427. The van der Waals surface area contributed by atoms with Gasteiger partial charge in [0.15, 0.2) is 0 Å². The van der Waals surface area contributed by atoms with Crippen molar-refractivity contribution in [1.29, 1.82) is 0 Å². The van der Waals surface area contributed by atoms with Gasteiger partial charge in [-0.2, -0.15) is 8.42 Å². The van der Waals surface area contributed by atoms with Crippen LogP contribution in [0.25, 0.3) is 0 Å². The van der Waals surface area contributed by atoms with Gasteiger partial charge in [0, 0.05) is 6.07 Å². The molecule has 0 N–H and O–H groups in total. The third-order valence-corrected chi connectivity index (χ3v) is 2.52. The highest BCUT2D eigenvalue weighted by Crippen LogP contribution is 2.20. The largest absolute Gasteiger partial charge is 0.497 e. The topological polar surface area (TPSA) is 61.8 Å². The number of rotatable bonds is 6. The summed E-state index contributed by atoms with van der Waals surface area (Å²) in [5.41, 5.74) is 0. The van der Waals surface area contributed by atoms with E-state index in [1.807, 2.05) is 0 Å². The molecule has 0 unspecified atom stereocenters. The minimum Gasteiger partial charge on any atom is -0.497 e. The van der Waals surface area contributed by atoms with Gasteiger partial charge in [-0.3, -0.25) is 0 Å². The van der Waals surface area contributed by atoms with Crippen LogP contribution in [0.15, 0.2) is 24.3 Å². The van der Waals surface area contributed by atoms with Crippen LogP contribution < -0.4 is 8.92 Å². The van der Waals surface area contributed by atoms with E-state index in [1.165, 1.54) is 19.2 Å². The van der Waals surface area contributed by atoms with E-state index < -0.39 is 10.4 Å². The van der Waals surface area contributed by atoms with E-state index in [2.05, 4.69) is 4.18 Å². The Morgan fingerprint density at radius 2 is 1.94 bits per heavy atom. The lowest BCUT2D eigenvalue weighted by Gasteiger charge is -2.07. The van der Waals surface area contributed by atoms with Gasteiger partial charge in [0.05, 0.1) is 13.7 Å². The van der Waals surface area contributed by atoms with Crippen molar-refractivity contribution in [3.63, 3.8) is 0 Å². The molecule has 0 aliphatic heterocycles. The molecule has 0 aliphatic carbocycles. The molecular formula is C10H14O5S. The van der Waals surface area contributed by atoms with Crippen LogP contribution in [-0.2, 0) is 14.6 Å². The molecule has 0 atom stereocenters. The average molecular weight is 246 g/mol. The molecule has 5 nitrogen and oxygen atoms in total. The smallest absolute Gasteiger partial charge is 0.449 e. The van der Waals surface area contributed by atoms with Gasteiger partial charge in [-0.25, -0.2) is 4.18 Å². The van der Waals surface area contributed by atoms with E-state index in [-0.39, 0.29) is 12.4 Å². The highest BCUT2D eigenvalue weighted by molar-refractivity contribution is 7.82. The summed E-state index contributed by atoms with van der Waals surface area (Å²) in [6.07, 6.45) is 0.598. The quantitative estimate of drug-likeness (QED) is 0.765. The lowest BCUT2D eigenvalue weighted by molar-refractivity contribution is 0.273. The van der Waals surface area contributed by atoms with Gasteiger partial charge in [0.25, 0.3) is 0 Å². The van der Waals surface area contributed by atoms with Gasteiger partial charge in [-0.05, 0) is 18.6 Å². The summed E-state index contributed by atoms with van der Waals surface area (Å²) in [5, 5.41) is 0. The predicted molar refractivity (Wildman–Crippen MR) is 58.8 cm³/mol. The Labute approximate surface area is 95.3 Å². The highest BCUT2D eigenvalue weighted by Gasteiger charge is 2.13. The fourth-order valence-corrected chi connectivity index (χ4v) is 1.74. The van der Waals surface area contributed by atoms with Crippen molar-refractivity contribution in [1.82, 2.24) is 0 Å².